The lowest BCUT2D eigenvalue weighted by atomic mass is 9.80. The molecule has 1 aromatic rings. The van der Waals surface area contributed by atoms with E-state index in [1.165, 1.54) is 7.11 Å². The zero-order valence-electron chi connectivity index (χ0n) is 10.5. The van der Waals surface area contributed by atoms with Crippen molar-refractivity contribution in [3.63, 3.8) is 0 Å². The highest BCUT2D eigenvalue weighted by molar-refractivity contribution is 7.91. The van der Waals surface area contributed by atoms with Gasteiger partial charge in [0.1, 0.15) is 11.2 Å². The van der Waals surface area contributed by atoms with Gasteiger partial charge in [0.05, 0.1) is 30.8 Å². The van der Waals surface area contributed by atoms with Gasteiger partial charge in [-0.1, -0.05) is 12.1 Å². The molecule has 1 saturated heterocycles. The van der Waals surface area contributed by atoms with Crippen LogP contribution in [0, 0.1) is 16.7 Å². The molecule has 1 fully saturated rings. The second kappa shape index (κ2) is 4.83. The number of sulfone groups is 1. The fourth-order valence-corrected chi connectivity index (χ4v) is 4.34. The number of aliphatic hydroxyl groups is 1. The van der Waals surface area contributed by atoms with Crippen molar-refractivity contribution < 1.29 is 18.3 Å². The van der Waals surface area contributed by atoms with Gasteiger partial charge in [-0.15, -0.1) is 0 Å². The second-order valence-corrected chi connectivity index (χ2v) is 6.97. The molecule has 1 aliphatic heterocycles. The van der Waals surface area contributed by atoms with Crippen molar-refractivity contribution >= 4 is 9.84 Å². The molecule has 1 aliphatic rings. The predicted molar refractivity (Wildman–Crippen MR) is 69.3 cm³/mol. The fourth-order valence-electron chi connectivity index (χ4n) is 2.37. The maximum absolute atomic E-state index is 11.6. The van der Waals surface area contributed by atoms with Crippen molar-refractivity contribution in [2.45, 2.75) is 12.5 Å². The molecule has 1 aromatic carbocycles. The van der Waals surface area contributed by atoms with E-state index in [0.29, 0.717) is 11.3 Å². The number of methoxy groups -OCH3 is 1. The van der Waals surface area contributed by atoms with Gasteiger partial charge in [0.2, 0.25) is 0 Å². The first-order valence-corrected chi connectivity index (χ1v) is 7.68. The summed E-state index contributed by atoms with van der Waals surface area (Å²) in [6, 6.07) is 8.71. The first-order valence-electron chi connectivity index (χ1n) is 5.86. The van der Waals surface area contributed by atoms with Crippen molar-refractivity contribution in [2.24, 2.45) is 5.41 Å². The summed E-state index contributed by atoms with van der Waals surface area (Å²) in [5.74, 6) is 0.210. The third kappa shape index (κ3) is 2.57. The average molecular weight is 281 g/mol. The minimum absolute atomic E-state index is 0.0540. The monoisotopic (exact) mass is 281 g/mol. The zero-order chi connectivity index (χ0) is 14.1. The van der Waals surface area contributed by atoms with Crippen molar-refractivity contribution in [3.8, 4) is 11.8 Å². The second-order valence-electron chi connectivity index (χ2n) is 4.79. The summed E-state index contributed by atoms with van der Waals surface area (Å²) in [6.07, 6.45) is -0.977. The molecular weight excluding hydrogens is 266 g/mol. The number of rotatable bonds is 3. The van der Waals surface area contributed by atoms with Crippen LogP contribution in [0.3, 0.4) is 0 Å². The van der Waals surface area contributed by atoms with Crippen LogP contribution in [0.5, 0.6) is 5.75 Å². The highest BCUT2D eigenvalue weighted by Gasteiger charge is 2.48. The molecule has 0 radical (unpaired) electrons. The number of ether oxygens (including phenoxy) is 1. The van der Waals surface area contributed by atoms with Gasteiger partial charge in [-0.3, -0.25) is 0 Å². The Hall–Kier alpha value is -1.58. The van der Waals surface area contributed by atoms with E-state index in [9.17, 15) is 18.8 Å². The summed E-state index contributed by atoms with van der Waals surface area (Å²) in [5.41, 5.74) is -0.761. The third-order valence-corrected chi connectivity index (χ3v) is 5.27. The summed E-state index contributed by atoms with van der Waals surface area (Å²) >= 11 is 0. The van der Waals surface area contributed by atoms with Crippen LogP contribution in [0.4, 0.5) is 0 Å². The first-order chi connectivity index (χ1) is 8.92. The van der Waals surface area contributed by atoms with Crippen molar-refractivity contribution in [1.82, 2.24) is 0 Å². The quantitative estimate of drug-likeness (QED) is 0.895. The Morgan fingerprint density at radius 2 is 2.26 bits per heavy atom. The van der Waals surface area contributed by atoms with E-state index in [-0.39, 0.29) is 17.9 Å². The van der Waals surface area contributed by atoms with Crippen LogP contribution in [0.15, 0.2) is 24.3 Å². The minimum atomic E-state index is -3.25. The van der Waals surface area contributed by atoms with E-state index in [4.69, 9.17) is 4.74 Å². The van der Waals surface area contributed by atoms with Crippen LogP contribution < -0.4 is 4.74 Å². The number of hydrogen-bond donors (Lipinski definition) is 1. The summed E-state index contributed by atoms with van der Waals surface area (Å²) in [4.78, 5) is 0. The number of benzene rings is 1. The van der Waals surface area contributed by atoms with Crippen LogP contribution in [-0.2, 0) is 9.84 Å². The normalized spacial score (nSPS) is 26.6. The Morgan fingerprint density at radius 3 is 2.79 bits per heavy atom. The molecule has 0 amide bonds. The standard InChI is InChI=1S/C13H15NO4S/c1-18-11-4-2-3-10(7-11)12(15)13(8-14)5-6-19(16,17)9-13/h2-4,7,12,15H,5-6,9H2,1H3. The predicted octanol–water partition coefficient (Wildman–Crippen LogP) is 1.06. The lowest BCUT2D eigenvalue weighted by Crippen LogP contribution is -2.28. The van der Waals surface area contributed by atoms with Crippen molar-refractivity contribution in [1.29, 1.82) is 5.26 Å². The summed E-state index contributed by atoms with van der Waals surface area (Å²) < 4.78 is 28.2. The molecule has 2 rings (SSSR count). The van der Waals surface area contributed by atoms with E-state index < -0.39 is 21.4 Å². The molecule has 0 aliphatic carbocycles. The van der Waals surface area contributed by atoms with Crippen LogP contribution in [0.1, 0.15) is 18.1 Å². The van der Waals surface area contributed by atoms with E-state index in [1.54, 1.807) is 24.3 Å². The van der Waals surface area contributed by atoms with Gasteiger partial charge in [-0.05, 0) is 24.1 Å². The molecule has 102 valence electrons. The smallest absolute Gasteiger partial charge is 0.152 e. The summed E-state index contributed by atoms with van der Waals surface area (Å²) in [6.45, 7) is 0. The first kappa shape index (κ1) is 13.8. The molecule has 0 aromatic heterocycles. The van der Waals surface area contributed by atoms with Gasteiger partial charge in [0.25, 0.3) is 0 Å². The van der Waals surface area contributed by atoms with Crippen molar-refractivity contribution in [2.75, 3.05) is 18.6 Å². The van der Waals surface area contributed by atoms with Gasteiger partial charge in [-0.2, -0.15) is 5.26 Å². The van der Waals surface area contributed by atoms with Gasteiger partial charge < -0.3 is 9.84 Å². The molecule has 1 heterocycles. The highest BCUT2D eigenvalue weighted by atomic mass is 32.2. The van der Waals surface area contributed by atoms with Crippen molar-refractivity contribution in [3.05, 3.63) is 29.8 Å². The molecule has 0 saturated carbocycles. The number of nitrogens with zero attached hydrogens (tertiary/aromatic N) is 1. The molecule has 6 heteroatoms. The van der Waals surface area contributed by atoms with Crippen LogP contribution in [0.25, 0.3) is 0 Å². The minimum Gasteiger partial charge on any atom is -0.497 e. The zero-order valence-corrected chi connectivity index (χ0v) is 11.4. The Bertz CT molecular complexity index is 620. The molecule has 1 N–H and O–H groups in total. The number of hydrogen-bond acceptors (Lipinski definition) is 5. The Morgan fingerprint density at radius 1 is 1.53 bits per heavy atom. The maximum Gasteiger partial charge on any atom is 0.152 e. The van der Waals surface area contributed by atoms with E-state index in [1.807, 2.05) is 6.07 Å². The molecule has 0 spiro atoms. The Labute approximate surface area is 112 Å². The molecule has 19 heavy (non-hydrogen) atoms. The Kier molecular flexibility index (Phi) is 3.52. The van der Waals surface area contributed by atoms with Crippen LogP contribution in [-0.4, -0.2) is 32.1 Å². The molecule has 5 nitrogen and oxygen atoms in total. The summed E-state index contributed by atoms with van der Waals surface area (Å²) in [5, 5.41) is 19.7. The van der Waals surface area contributed by atoms with Gasteiger partial charge in [0.15, 0.2) is 9.84 Å². The Balaban J connectivity index is 2.37. The van der Waals surface area contributed by atoms with Gasteiger partial charge >= 0.3 is 0 Å². The van der Waals surface area contributed by atoms with Crippen LogP contribution >= 0.6 is 0 Å². The third-order valence-electron chi connectivity index (χ3n) is 3.49. The van der Waals surface area contributed by atoms with E-state index in [2.05, 4.69) is 0 Å². The lowest BCUT2D eigenvalue weighted by Gasteiger charge is -2.26. The number of nitriles is 1. The molecule has 2 unspecified atom stereocenters. The average Bonchev–Trinajstić information content (AvgIpc) is 2.75. The molecule has 0 bridgehead atoms. The largest absolute Gasteiger partial charge is 0.497 e. The SMILES string of the molecule is COc1cccc(C(O)C2(C#N)CCS(=O)(=O)C2)c1. The lowest BCUT2D eigenvalue weighted by molar-refractivity contribution is 0.0791. The number of aliphatic hydroxyl groups excluding tert-OH is 1. The van der Waals surface area contributed by atoms with E-state index >= 15 is 0 Å². The molecular formula is C13H15NO4S. The van der Waals surface area contributed by atoms with Gasteiger partial charge in [0, 0.05) is 0 Å². The maximum atomic E-state index is 11.6. The highest BCUT2D eigenvalue weighted by Crippen LogP contribution is 2.43. The summed E-state index contributed by atoms with van der Waals surface area (Å²) in [7, 11) is -1.74. The molecule has 2 atom stereocenters. The fraction of sp³-hybridized carbons (Fsp3) is 0.462. The topological polar surface area (TPSA) is 87.4 Å². The van der Waals surface area contributed by atoms with E-state index in [0.717, 1.165) is 0 Å². The van der Waals surface area contributed by atoms with Gasteiger partial charge in [-0.25, -0.2) is 8.42 Å². The van der Waals surface area contributed by atoms with Crippen LogP contribution in [0.2, 0.25) is 0 Å².